The van der Waals surface area contributed by atoms with Crippen molar-refractivity contribution in [1.29, 1.82) is 0 Å². The lowest BCUT2D eigenvalue weighted by Gasteiger charge is -2.16. The van der Waals surface area contributed by atoms with Crippen molar-refractivity contribution in [1.82, 2.24) is 0 Å². The highest BCUT2D eigenvalue weighted by atomic mass is 16.4. The van der Waals surface area contributed by atoms with Gasteiger partial charge in [0.1, 0.15) is 18.3 Å². The average Bonchev–Trinajstić information content (AvgIpc) is 2.44. The minimum Gasteiger partial charge on any atom is -0.396 e. The molecule has 7 N–H and O–H groups in total. The van der Waals surface area contributed by atoms with Gasteiger partial charge in [-0.25, -0.2) is 0 Å². The number of hydrogen-bond donors (Lipinski definition) is 7. The van der Waals surface area contributed by atoms with Gasteiger partial charge in [0.25, 0.3) is 0 Å². The van der Waals surface area contributed by atoms with Crippen LogP contribution >= 0.6 is 0 Å². The molecule has 0 aromatic carbocycles. The molecule has 0 radical (unpaired) electrons. The van der Waals surface area contributed by atoms with E-state index in [0.717, 1.165) is 0 Å². The Balaban J connectivity index is 0. The van der Waals surface area contributed by atoms with Crippen LogP contribution in [-0.4, -0.2) is 85.8 Å². The normalized spacial score (nSPS) is 18.5. The zero-order valence-electron chi connectivity index (χ0n) is 10.8. The summed E-state index contributed by atoms with van der Waals surface area (Å²) in [7, 11) is 0. The molecule has 0 bridgehead atoms. The summed E-state index contributed by atoms with van der Waals surface area (Å²) in [6, 6.07) is 0. The zero-order chi connectivity index (χ0) is 15.4. The van der Waals surface area contributed by atoms with Crippen LogP contribution < -0.4 is 0 Å². The van der Waals surface area contributed by atoms with Crippen molar-refractivity contribution >= 4 is 6.29 Å². The predicted molar refractivity (Wildman–Crippen MR) is 65.2 cm³/mol. The molecule has 0 saturated carbocycles. The van der Waals surface area contributed by atoms with Crippen molar-refractivity contribution in [2.75, 3.05) is 13.2 Å². The molecule has 8 nitrogen and oxygen atoms in total. The molecule has 0 rings (SSSR count). The smallest absolute Gasteiger partial charge is 0.151 e. The Morgan fingerprint density at radius 3 is 1.79 bits per heavy atom. The Bertz CT molecular complexity index is 213. The van der Waals surface area contributed by atoms with Crippen LogP contribution in [0.2, 0.25) is 0 Å². The summed E-state index contributed by atoms with van der Waals surface area (Å²) in [6.45, 7) is 1.02. The van der Waals surface area contributed by atoms with Gasteiger partial charge in [0.2, 0.25) is 0 Å². The van der Waals surface area contributed by atoms with Crippen LogP contribution in [0.4, 0.5) is 0 Å². The quantitative estimate of drug-likeness (QED) is 0.229. The Hall–Kier alpha value is -0.610. The number of rotatable bonds is 8. The zero-order valence-corrected chi connectivity index (χ0v) is 10.8. The molecule has 5 atom stereocenters. The maximum absolute atomic E-state index is 9.76. The molecule has 116 valence electrons. The van der Waals surface area contributed by atoms with Crippen LogP contribution in [-0.2, 0) is 4.79 Å². The largest absolute Gasteiger partial charge is 0.396 e. The molecular formula is C11H24O8. The first-order chi connectivity index (χ1) is 8.85. The Morgan fingerprint density at radius 1 is 0.947 bits per heavy atom. The van der Waals surface area contributed by atoms with Gasteiger partial charge in [-0.3, -0.25) is 0 Å². The number of aliphatic hydroxyl groups is 7. The van der Waals surface area contributed by atoms with Crippen molar-refractivity contribution in [2.45, 2.75) is 50.3 Å². The number of aldehydes is 1. The lowest BCUT2D eigenvalue weighted by Crippen LogP contribution is -2.40. The molecule has 0 aliphatic heterocycles. The van der Waals surface area contributed by atoms with E-state index in [2.05, 4.69) is 0 Å². The standard InChI is InChI=1S/C6H14O3.C5H10O5/c1-2-5(8)6(9)3-4-7;6-1-3(8)5(10)4(9)2-7/h5-9H,2-4H2,1H3;1,3-5,7-10H,2H2. The highest BCUT2D eigenvalue weighted by Gasteiger charge is 2.22. The molecule has 0 aromatic rings. The van der Waals surface area contributed by atoms with E-state index in [-0.39, 0.29) is 19.3 Å². The maximum atomic E-state index is 9.76. The molecular weight excluding hydrogens is 260 g/mol. The third-order valence-corrected chi connectivity index (χ3v) is 2.36. The molecule has 19 heavy (non-hydrogen) atoms. The monoisotopic (exact) mass is 284 g/mol. The fourth-order valence-corrected chi connectivity index (χ4v) is 1.01. The Kier molecular flexibility index (Phi) is 13.5. The van der Waals surface area contributed by atoms with Crippen molar-refractivity contribution in [3.63, 3.8) is 0 Å². The van der Waals surface area contributed by atoms with Crippen LogP contribution in [0.3, 0.4) is 0 Å². The van der Waals surface area contributed by atoms with Gasteiger partial charge in [-0.15, -0.1) is 0 Å². The van der Waals surface area contributed by atoms with E-state index >= 15 is 0 Å². The first-order valence-electron chi connectivity index (χ1n) is 5.92. The van der Waals surface area contributed by atoms with E-state index in [9.17, 15) is 4.79 Å². The van der Waals surface area contributed by atoms with Crippen molar-refractivity contribution in [3.8, 4) is 0 Å². The second kappa shape index (κ2) is 12.4. The van der Waals surface area contributed by atoms with Crippen LogP contribution in [0.15, 0.2) is 0 Å². The summed E-state index contributed by atoms with van der Waals surface area (Å²) in [5, 5.41) is 60.2. The van der Waals surface area contributed by atoms with Gasteiger partial charge in [0, 0.05) is 6.61 Å². The van der Waals surface area contributed by atoms with E-state index < -0.39 is 37.1 Å². The van der Waals surface area contributed by atoms with Gasteiger partial charge in [-0.05, 0) is 12.8 Å². The fraction of sp³-hybridized carbons (Fsp3) is 0.909. The Labute approximate surface area is 111 Å². The second-order valence-corrected chi connectivity index (χ2v) is 3.92. The van der Waals surface area contributed by atoms with Gasteiger partial charge < -0.3 is 40.5 Å². The minimum absolute atomic E-state index is 0.0712. The highest BCUT2D eigenvalue weighted by Crippen LogP contribution is 2.01. The molecule has 0 fully saturated rings. The van der Waals surface area contributed by atoms with Crippen molar-refractivity contribution in [3.05, 3.63) is 0 Å². The minimum atomic E-state index is -1.64. The van der Waals surface area contributed by atoms with Gasteiger partial charge in [-0.2, -0.15) is 0 Å². The number of aliphatic hydroxyl groups excluding tert-OH is 7. The third-order valence-electron chi connectivity index (χ3n) is 2.36. The summed E-state index contributed by atoms with van der Waals surface area (Å²) in [5.41, 5.74) is 0. The van der Waals surface area contributed by atoms with Crippen LogP contribution in [0.25, 0.3) is 0 Å². The lowest BCUT2D eigenvalue weighted by atomic mass is 10.1. The van der Waals surface area contributed by atoms with Gasteiger partial charge in [0.05, 0.1) is 18.8 Å². The van der Waals surface area contributed by atoms with Gasteiger partial charge >= 0.3 is 0 Å². The molecule has 0 saturated heterocycles. The fourth-order valence-electron chi connectivity index (χ4n) is 1.01. The van der Waals surface area contributed by atoms with E-state index in [1.807, 2.05) is 0 Å². The number of carbonyl (C=O) groups is 1. The summed E-state index contributed by atoms with van der Waals surface area (Å²) < 4.78 is 0. The Morgan fingerprint density at radius 2 is 1.47 bits per heavy atom. The van der Waals surface area contributed by atoms with Crippen LogP contribution in [0, 0.1) is 0 Å². The van der Waals surface area contributed by atoms with Crippen molar-refractivity contribution < 1.29 is 40.5 Å². The summed E-state index contributed by atoms with van der Waals surface area (Å²) in [5.74, 6) is 0. The first kappa shape index (κ1) is 20.7. The van der Waals surface area contributed by atoms with Gasteiger partial charge in [0.15, 0.2) is 6.29 Å². The molecule has 0 aliphatic rings. The lowest BCUT2D eigenvalue weighted by molar-refractivity contribution is -0.127. The van der Waals surface area contributed by atoms with E-state index in [0.29, 0.717) is 6.42 Å². The maximum Gasteiger partial charge on any atom is 0.151 e. The average molecular weight is 284 g/mol. The molecule has 0 amide bonds. The predicted octanol–water partition coefficient (Wildman–Crippen LogP) is -3.24. The van der Waals surface area contributed by atoms with Crippen LogP contribution in [0.1, 0.15) is 19.8 Å². The summed E-state index contributed by atoms with van der Waals surface area (Å²) in [6.07, 6.45) is -5.29. The number of hydrogen-bond acceptors (Lipinski definition) is 8. The molecule has 0 aliphatic carbocycles. The first-order valence-corrected chi connectivity index (χ1v) is 5.92. The summed E-state index contributed by atoms with van der Waals surface area (Å²) in [4.78, 5) is 9.76. The molecule has 8 heteroatoms. The van der Waals surface area contributed by atoms with Crippen molar-refractivity contribution in [2.24, 2.45) is 0 Å². The molecule has 0 heterocycles. The SMILES string of the molecule is CCC(O)C(O)CCO.O=CC(O)C(O)C(O)CO. The van der Waals surface area contributed by atoms with Crippen LogP contribution in [0.5, 0.6) is 0 Å². The molecule has 5 unspecified atom stereocenters. The summed E-state index contributed by atoms with van der Waals surface area (Å²) >= 11 is 0. The van der Waals surface area contributed by atoms with Gasteiger partial charge in [-0.1, -0.05) is 6.92 Å². The second-order valence-electron chi connectivity index (χ2n) is 3.92. The highest BCUT2D eigenvalue weighted by molar-refractivity contribution is 5.56. The van der Waals surface area contributed by atoms with E-state index in [4.69, 9.17) is 35.7 Å². The third kappa shape index (κ3) is 9.91. The molecule has 0 spiro atoms. The van der Waals surface area contributed by atoms with E-state index in [1.54, 1.807) is 6.92 Å². The number of carbonyl (C=O) groups excluding carboxylic acids is 1. The molecule has 0 aromatic heterocycles. The van der Waals surface area contributed by atoms with E-state index in [1.165, 1.54) is 0 Å². The topological polar surface area (TPSA) is 159 Å².